The molecule has 0 radical (unpaired) electrons. The molecule has 0 nitrogen and oxygen atoms in total. The van der Waals surface area contributed by atoms with Crippen molar-refractivity contribution in [2.75, 3.05) is 0 Å². The van der Waals surface area contributed by atoms with Gasteiger partial charge < -0.3 is 0 Å². The van der Waals surface area contributed by atoms with Crippen molar-refractivity contribution in [3.05, 3.63) is 214 Å². The maximum absolute atomic E-state index is 2.47. The van der Waals surface area contributed by atoms with Crippen molar-refractivity contribution < 1.29 is 23.2 Å². The Morgan fingerprint density at radius 3 is 1.15 bits per heavy atom. The van der Waals surface area contributed by atoms with Crippen molar-refractivity contribution in [3.63, 3.8) is 0 Å². The van der Waals surface area contributed by atoms with E-state index in [-0.39, 0.29) is 0 Å². The van der Waals surface area contributed by atoms with Crippen molar-refractivity contribution >= 4 is 33.8 Å². The Kier molecular flexibility index (Phi) is 13.4. The molecule has 2 unspecified atom stereocenters. The molecule has 0 fully saturated rings. The third-order valence-corrected chi connectivity index (χ3v) is 14.8. The summed E-state index contributed by atoms with van der Waals surface area (Å²) in [4.78, 5) is 0. The molecule has 6 aromatic carbocycles. The largest absolute Gasteiger partial charge is 0.0750 e. The summed E-state index contributed by atoms with van der Waals surface area (Å²) >= 11 is -0.835. The van der Waals surface area contributed by atoms with Crippen LogP contribution in [0.5, 0.6) is 0 Å². The van der Waals surface area contributed by atoms with Crippen molar-refractivity contribution in [3.8, 4) is 22.3 Å². The number of fused-ring (bicyclic) bond motifs is 2. The number of benzene rings is 6. The van der Waals surface area contributed by atoms with E-state index in [2.05, 4.69) is 185 Å². The van der Waals surface area contributed by atoms with Crippen LogP contribution in [0.2, 0.25) is 13.1 Å². The van der Waals surface area contributed by atoms with Gasteiger partial charge in [0.2, 0.25) is 0 Å². The molecule has 2 heteroatoms. The van der Waals surface area contributed by atoms with E-state index in [1.807, 2.05) is 36.4 Å². The Bertz CT molecular complexity index is 2000. The molecule has 0 heterocycles. The molecule has 2 atom stereocenters. The molecule has 0 saturated heterocycles. The predicted molar refractivity (Wildman–Crippen MR) is 228 cm³/mol. The molecule has 2 aliphatic carbocycles. The second-order valence-electron chi connectivity index (χ2n) is 13.4. The minimum atomic E-state index is -0.835. The van der Waals surface area contributed by atoms with Crippen LogP contribution < -0.4 is 0 Å². The molecule has 0 spiro atoms. The van der Waals surface area contributed by atoms with Gasteiger partial charge in [-0.05, 0) is 11.1 Å². The summed E-state index contributed by atoms with van der Waals surface area (Å²) in [5, 5.41) is 0. The smallest absolute Gasteiger partial charge is 0.0135 e. The quantitative estimate of drug-likeness (QED) is 0.112. The van der Waals surface area contributed by atoms with E-state index in [9.17, 15) is 0 Å². The van der Waals surface area contributed by atoms with Gasteiger partial charge >= 0.3 is 209 Å². The molecular weight excluding hydrogens is 720 g/mol. The molecule has 0 aliphatic heterocycles. The van der Waals surface area contributed by atoms with E-state index in [4.69, 9.17) is 0 Å². The standard InChI is InChI=1S/2C16H13.C16H14.C2H8Si.Zr/c2*1-12-10-14-8-5-9-15(16(14)11-12)13-6-3-2-4-7-13;1-3-9-15(10-4-1)13-7-8-14-16-11-5-2-6-12-16;1-3-2;/h2*2-11H,1H3;1-14H;3H2,1-2H3;/b;;13-7+,14-8+;;. The zero-order chi connectivity index (χ0) is 36.1. The maximum Gasteiger partial charge on any atom is 0.0135 e. The van der Waals surface area contributed by atoms with Gasteiger partial charge in [-0.15, -0.1) is 0 Å². The predicted octanol–water partition coefficient (Wildman–Crippen LogP) is 13.4. The van der Waals surface area contributed by atoms with Gasteiger partial charge in [0, 0.05) is 9.52 Å². The second kappa shape index (κ2) is 18.7. The first-order valence-electron chi connectivity index (χ1n) is 18.5. The van der Waals surface area contributed by atoms with E-state index in [0.717, 1.165) is 0 Å². The summed E-state index contributed by atoms with van der Waals surface area (Å²) in [5.41, 5.74) is 17.0. The average molecular weight is 768 g/mol. The Labute approximate surface area is 325 Å². The van der Waals surface area contributed by atoms with Gasteiger partial charge in [0.1, 0.15) is 0 Å². The molecule has 0 amide bonds. The van der Waals surface area contributed by atoms with E-state index >= 15 is 0 Å². The van der Waals surface area contributed by atoms with Crippen molar-refractivity contribution in [2.45, 2.75) is 34.2 Å². The van der Waals surface area contributed by atoms with Gasteiger partial charge in [0.05, 0.1) is 0 Å². The topological polar surface area (TPSA) is 0 Å². The zero-order valence-corrected chi connectivity index (χ0v) is 34.7. The van der Waals surface area contributed by atoms with Crippen molar-refractivity contribution in [2.24, 2.45) is 0 Å². The average Bonchev–Trinajstić information content (AvgIpc) is 3.70. The summed E-state index contributed by atoms with van der Waals surface area (Å²) in [6, 6.07) is 56.1. The SMILES string of the molecule is C(/C=C/c1ccccc1)=C\c1ccccc1.CC1=Cc2c(-c3ccccc3)cccc2[CH]1[Zr][CH]1C(C)=Cc2c(-c3ccccc3)cccc21.C[SiH2]C. The molecule has 256 valence electrons. The molecule has 0 saturated carbocycles. The zero-order valence-electron chi connectivity index (χ0n) is 30.8. The van der Waals surface area contributed by atoms with Gasteiger partial charge in [-0.25, -0.2) is 0 Å². The minimum Gasteiger partial charge on any atom is -0.0750 e. The van der Waals surface area contributed by atoms with Gasteiger partial charge in [-0.2, -0.15) is 0 Å². The van der Waals surface area contributed by atoms with Crippen LogP contribution in [-0.2, 0) is 23.2 Å². The Balaban J connectivity index is 0.000000205. The first-order chi connectivity index (χ1) is 25.6. The normalized spacial score (nSPS) is 15.5. The van der Waals surface area contributed by atoms with Gasteiger partial charge in [-0.3, -0.25) is 0 Å². The number of rotatable bonds is 7. The maximum atomic E-state index is 2.47. The Morgan fingerprint density at radius 1 is 0.442 bits per heavy atom. The summed E-state index contributed by atoms with van der Waals surface area (Å²) in [6.07, 6.45) is 13.3. The molecule has 52 heavy (non-hydrogen) atoms. The molecule has 0 N–H and O–H groups in total. The van der Waals surface area contributed by atoms with Crippen LogP contribution in [0.15, 0.2) is 181 Å². The molecule has 6 aromatic rings. The Hall–Kier alpha value is -4.62. The monoisotopic (exact) mass is 766 g/mol. The molecule has 0 bridgehead atoms. The van der Waals surface area contributed by atoms with Gasteiger partial charge in [0.25, 0.3) is 0 Å². The first-order valence-corrected chi connectivity index (χ1v) is 24.2. The third kappa shape index (κ3) is 9.23. The Morgan fingerprint density at radius 2 is 0.788 bits per heavy atom. The van der Waals surface area contributed by atoms with Crippen LogP contribution in [0.4, 0.5) is 0 Å². The summed E-state index contributed by atoms with van der Waals surface area (Å²) in [7, 11) is 0.417. The number of hydrogen-bond donors (Lipinski definition) is 0. The van der Waals surface area contributed by atoms with Crippen molar-refractivity contribution in [1.82, 2.24) is 0 Å². The first kappa shape index (κ1) is 37.1. The number of allylic oxidation sites excluding steroid dienone is 4. The van der Waals surface area contributed by atoms with E-state index < -0.39 is 23.2 Å². The minimum absolute atomic E-state index is 0.417. The summed E-state index contributed by atoms with van der Waals surface area (Å²) in [6.45, 7) is 9.24. The molecular formula is C50H48SiZr. The van der Waals surface area contributed by atoms with E-state index in [1.54, 1.807) is 22.3 Å². The molecule has 8 rings (SSSR count). The fraction of sp³-hybridized carbons (Fsp3) is 0.120. The van der Waals surface area contributed by atoms with Gasteiger partial charge in [-0.1, -0.05) is 98.1 Å². The second-order valence-corrected chi connectivity index (χ2v) is 18.5. The van der Waals surface area contributed by atoms with Gasteiger partial charge in [0.15, 0.2) is 0 Å². The number of hydrogen-bond acceptors (Lipinski definition) is 0. The van der Waals surface area contributed by atoms with E-state index in [0.29, 0.717) is 16.8 Å². The van der Waals surface area contributed by atoms with Crippen LogP contribution in [0.1, 0.15) is 54.5 Å². The van der Waals surface area contributed by atoms with Crippen LogP contribution in [0, 0.1) is 0 Å². The molecule has 0 aromatic heterocycles. The fourth-order valence-corrected chi connectivity index (χ4v) is 11.6. The van der Waals surface area contributed by atoms with E-state index in [1.165, 1.54) is 44.5 Å². The van der Waals surface area contributed by atoms with Crippen molar-refractivity contribution in [1.29, 1.82) is 0 Å². The summed E-state index contributed by atoms with van der Waals surface area (Å²) in [5.74, 6) is 0. The van der Waals surface area contributed by atoms with Crippen LogP contribution in [0.3, 0.4) is 0 Å². The fourth-order valence-electron chi connectivity index (χ4n) is 6.91. The third-order valence-electron chi connectivity index (χ3n) is 9.35. The summed E-state index contributed by atoms with van der Waals surface area (Å²) < 4.78 is 1.26. The molecule has 2 aliphatic rings. The van der Waals surface area contributed by atoms with Crippen LogP contribution in [0.25, 0.3) is 46.6 Å². The van der Waals surface area contributed by atoms with Crippen LogP contribution >= 0.6 is 0 Å². The van der Waals surface area contributed by atoms with Crippen LogP contribution in [-0.4, -0.2) is 9.52 Å².